The molecule has 1 aliphatic heterocycles. The Labute approximate surface area is 212 Å². The molecule has 0 saturated carbocycles. The lowest BCUT2D eigenvalue weighted by Gasteiger charge is -2.28. The highest BCUT2D eigenvalue weighted by molar-refractivity contribution is 7.80. The number of thiocarbonyl (C=S) groups is 1. The van der Waals surface area contributed by atoms with E-state index in [-0.39, 0.29) is 18.1 Å². The van der Waals surface area contributed by atoms with Crippen molar-refractivity contribution in [2.24, 2.45) is 0 Å². The number of pyridine rings is 1. The molecule has 184 valence electrons. The average molecular weight is 492 g/mol. The van der Waals surface area contributed by atoms with Crippen molar-refractivity contribution in [1.82, 2.24) is 24.7 Å². The van der Waals surface area contributed by atoms with Crippen LogP contribution in [0.2, 0.25) is 0 Å². The van der Waals surface area contributed by atoms with Crippen molar-refractivity contribution in [1.29, 1.82) is 0 Å². The van der Waals surface area contributed by atoms with E-state index in [0.717, 1.165) is 53.0 Å². The number of methoxy groups -OCH3 is 1. The van der Waals surface area contributed by atoms with Gasteiger partial charge in [-0.2, -0.15) is 0 Å². The van der Waals surface area contributed by atoms with Crippen LogP contribution in [0.4, 0.5) is 0 Å². The Kier molecular flexibility index (Phi) is 7.52. The highest BCUT2D eigenvalue weighted by atomic mass is 32.1. The number of hydrogen-bond donors (Lipinski definition) is 1. The van der Waals surface area contributed by atoms with Gasteiger partial charge in [0, 0.05) is 24.1 Å². The molecule has 1 aromatic carbocycles. The van der Waals surface area contributed by atoms with Gasteiger partial charge in [-0.05, 0) is 89.0 Å². The Bertz CT molecular complexity index is 1210. The van der Waals surface area contributed by atoms with Gasteiger partial charge < -0.3 is 24.4 Å². The van der Waals surface area contributed by atoms with Crippen LogP contribution in [0.3, 0.4) is 0 Å². The Morgan fingerprint density at radius 2 is 1.91 bits per heavy atom. The van der Waals surface area contributed by atoms with E-state index >= 15 is 0 Å². The normalized spacial score (nSPS) is 17.7. The van der Waals surface area contributed by atoms with Gasteiger partial charge >= 0.3 is 5.97 Å². The number of aromatic nitrogens is 2. The number of esters is 1. The van der Waals surface area contributed by atoms with Crippen molar-refractivity contribution in [3.05, 3.63) is 82.9 Å². The third-order valence-electron chi connectivity index (χ3n) is 6.54. The van der Waals surface area contributed by atoms with E-state index in [2.05, 4.69) is 58.7 Å². The molecule has 1 saturated heterocycles. The molecule has 3 heterocycles. The zero-order valence-corrected chi connectivity index (χ0v) is 21.8. The van der Waals surface area contributed by atoms with E-state index in [1.165, 1.54) is 7.11 Å². The lowest BCUT2D eigenvalue weighted by Crippen LogP contribution is -2.32. The predicted octanol–water partition coefficient (Wildman–Crippen LogP) is 4.20. The van der Waals surface area contributed by atoms with Crippen molar-refractivity contribution in [2.45, 2.75) is 32.4 Å². The Hall–Kier alpha value is -3.23. The molecule has 1 aliphatic rings. The summed E-state index contributed by atoms with van der Waals surface area (Å²) < 4.78 is 7.19. The number of nitrogens with zero attached hydrogens (tertiary/aromatic N) is 4. The lowest BCUT2D eigenvalue weighted by molar-refractivity contribution is 0.0600. The molecule has 1 fully saturated rings. The SMILES string of the molecule is COC(=O)c1ccccc1-n1c(C)cc([C@H]2[C@H](c3ccccn3)NC(=S)N2CCCN(C)C)c1C. The van der Waals surface area contributed by atoms with Crippen molar-refractivity contribution >= 4 is 23.3 Å². The number of para-hydroxylation sites is 1. The molecule has 8 heteroatoms. The molecular weight excluding hydrogens is 458 g/mol. The first-order valence-corrected chi connectivity index (χ1v) is 12.2. The fourth-order valence-electron chi connectivity index (χ4n) is 4.95. The van der Waals surface area contributed by atoms with Crippen molar-refractivity contribution < 1.29 is 9.53 Å². The van der Waals surface area contributed by atoms with Crippen LogP contribution >= 0.6 is 12.2 Å². The summed E-state index contributed by atoms with van der Waals surface area (Å²) in [6, 6.07) is 15.6. The summed E-state index contributed by atoms with van der Waals surface area (Å²) in [6.45, 7) is 5.98. The number of benzene rings is 1. The van der Waals surface area contributed by atoms with Crippen LogP contribution in [0.1, 0.15) is 51.5 Å². The first-order chi connectivity index (χ1) is 16.8. The first-order valence-electron chi connectivity index (χ1n) is 11.8. The summed E-state index contributed by atoms with van der Waals surface area (Å²) in [6.07, 6.45) is 2.81. The van der Waals surface area contributed by atoms with Crippen molar-refractivity contribution in [3.8, 4) is 5.69 Å². The minimum Gasteiger partial charge on any atom is -0.465 e. The third-order valence-corrected chi connectivity index (χ3v) is 6.89. The van der Waals surface area contributed by atoms with Crippen LogP contribution in [-0.4, -0.2) is 64.7 Å². The predicted molar refractivity (Wildman–Crippen MR) is 142 cm³/mol. The van der Waals surface area contributed by atoms with Gasteiger partial charge in [-0.1, -0.05) is 18.2 Å². The second kappa shape index (κ2) is 10.6. The van der Waals surface area contributed by atoms with Crippen LogP contribution in [0.15, 0.2) is 54.7 Å². The maximum absolute atomic E-state index is 12.5. The van der Waals surface area contributed by atoms with Gasteiger partial charge in [-0.15, -0.1) is 0 Å². The average Bonchev–Trinajstić information content (AvgIpc) is 3.33. The molecule has 4 rings (SSSR count). The molecule has 2 aromatic heterocycles. The molecule has 35 heavy (non-hydrogen) atoms. The minimum atomic E-state index is -0.352. The lowest BCUT2D eigenvalue weighted by atomic mass is 9.96. The maximum atomic E-state index is 12.5. The van der Waals surface area contributed by atoms with Crippen molar-refractivity contribution in [2.75, 3.05) is 34.3 Å². The van der Waals surface area contributed by atoms with Crippen LogP contribution in [0.25, 0.3) is 5.69 Å². The molecule has 0 spiro atoms. The molecule has 0 aliphatic carbocycles. The standard InChI is InChI=1S/C27H33N5O2S/c1-18-17-21(19(2)32(18)23-13-7-6-11-20(23)26(33)34-5)25-24(22-12-8-9-14-28-22)29-27(35)31(25)16-10-15-30(3)4/h6-9,11-14,17,24-25H,10,15-16H2,1-5H3,(H,29,35)/t24-,25-/m0/s1. The number of hydrogen-bond acceptors (Lipinski definition) is 5. The van der Waals surface area contributed by atoms with Gasteiger partial charge in [0.2, 0.25) is 0 Å². The van der Waals surface area contributed by atoms with Crippen LogP contribution in [-0.2, 0) is 4.74 Å². The monoisotopic (exact) mass is 491 g/mol. The zero-order valence-electron chi connectivity index (χ0n) is 21.0. The molecule has 3 aromatic rings. The summed E-state index contributed by atoms with van der Waals surface area (Å²) in [5.41, 5.74) is 5.56. The molecule has 2 atom stereocenters. The quantitative estimate of drug-likeness (QED) is 0.374. The molecule has 0 bridgehead atoms. The largest absolute Gasteiger partial charge is 0.465 e. The van der Waals surface area contributed by atoms with E-state index in [1.807, 2.05) is 42.6 Å². The van der Waals surface area contributed by atoms with E-state index in [9.17, 15) is 4.79 Å². The molecular formula is C27H33N5O2S. The van der Waals surface area contributed by atoms with Crippen LogP contribution in [0, 0.1) is 13.8 Å². The van der Waals surface area contributed by atoms with Crippen LogP contribution < -0.4 is 5.32 Å². The third kappa shape index (κ3) is 4.94. The number of nitrogens with one attached hydrogen (secondary N) is 1. The second-order valence-corrected chi connectivity index (χ2v) is 9.53. The van der Waals surface area contributed by atoms with Gasteiger partial charge in [-0.3, -0.25) is 4.98 Å². The van der Waals surface area contributed by atoms with E-state index < -0.39 is 0 Å². The Morgan fingerprint density at radius 3 is 2.60 bits per heavy atom. The van der Waals surface area contributed by atoms with Gasteiger partial charge in [0.05, 0.1) is 36.1 Å². The summed E-state index contributed by atoms with van der Waals surface area (Å²) in [5, 5.41) is 4.28. The first kappa shape index (κ1) is 24.9. The van der Waals surface area contributed by atoms with Crippen LogP contribution in [0.5, 0.6) is 0 Å². The van der Waals surface area contributed by atoms with E-state index in [0.29, 0.717) is 5.56 Å². The fourth-order valence-corrected chi connectivity index (χ4v) is 5.28. The maximum Gasteiger partial charge on any atom is 0.339 e. The highest BCUT2D eigenvalue weighted by Gasteiger charge is 2.41. The minimum absolute atomic E-state index is 0.0233. The zero-order chi connectivity index (χ0) is 25.1. The topological polar surface area (TPSA) is 62.6 Å². The molecule has 1 N–H and O–H groups in total. The van der Waals surface area contributed by atoms with Gasteiger partial charge in [0.25, 0.3) is 0 Å². The summed E-state index contributed by atoms with van der Waals surface area (Å²) in [4.78, 5) is 21.6. The summed E-state index contributed by atoms with van der Waals surface area (Å²) >= 11 is 5.83. The Balaban J connectivity index is 1.81. The van der Waals surface area contributed by atoms with Gasteiger partial charge in [0.15, 0.2) is 5.11 Å². The van der Waals surface area contributed by atoms with E-state index in [1.54, 1.807) is 6.07 Å². The molecule has 0 amide bonds. The van der Waals surface area contributed by atoms with E-state index in [4.69, 9.17) is 17.0 Å². The Morgan fingerprint density at radius 1 is 1.17 bits per heavy atom. The smallest absolute Gasteiger partial charge is 0.339 e. The number of rotatable bonds is 8. The van der Waals surface area contributed by atoms with Gasteiger partial charge in [0.1, 0.15) is 0 Å². The summed E-state index contributed by atoms with van der Waals surface area (Å²) in [7, 11) is 5.58. The second-order valence-electron chi connectivity index (χ2n) is 9.15. The van der Waals surface area contributed by atoms with Crippen molar-refractivity contribution in [3.63, 3.8) is 0 Å². The fraction of sp³-hybridized carbons (Fsp3) is 0.370. The number of carbonyl (C=O) groups excluding carboxylic acids is 1. The summed E-state index contributed by atoms with van der Waals surface area (Å²) in [5.74, 6) is -0.352. The number of ether oxygens (including phenoxy) is 1. The van der Waals surface area contributed by atoms with Gasteiger partial charge in [-0.25, -0.2) is 4.79 Å². The number of carbonyl (C=O) groups is 1. The highest BCUT2D eigenvalue weighted by Crippen LogP contribution is 2.41. The molecule has 0 unspecified atom stereocenters. The number of aryl methyl sites for hydroxylation is 1. The molecule has 7 nitrogen and oxygen atoms in total. The molecule has 0 radical (unpaired) electrons.